The molecule has 0 saturated heterocycles. The van der Waals surface area contributed by atoms with Crippen LogP contribution in [0.5, 0.6) is 23.0 Å². The molecule has 40 heavy (non-hydrogen) atoms. The van der Waals surface area contributed by atoms with Gasteiger partial charge in [-0.3, -0.25) is 0 Å². The van der Waals surface area contributed by atoms with Crippen molar-refractivity contribution in [2.75, 3.05) is 0 Å². The summed E-state index contributed by atoms with van der Waals surface area (Å²) in [7, 11) is 0. The molecule has 0 amide bonds. The molecular weight excluding hydrogens is 566 g/mol. The molecule has 1 aliphatic carbocycles. The molecule has 4 aromatic carbocycles. The van der Waals surface area contributed by atoms with Crippen molar-refractivity contribution >= 4 is 0 Å². The second kappa shape index (κ2) is 8.96. The van der Waals surface area contributed by atoms with E-state index in [1.54, 1.807) is 0 Å². The number of halogens is 10. The summed E-state index contributed by atoms with van der Waals surface area (Å²) < 4.78 is 145. The van der Waals surface area contributed by atoms with Crippen LogP contribution >= 0.6 is 0 Å². The largest absolute Gasteiger partial charge is 0.504 e. The van der Waals surface area contributed by atoms with Gasteiger partial charge in [0.2, 0.25) is 11.6 Å². The monoisotopic (exact) mass is 576 g/mol. The highest BCUT2D eigenvalue weighted by atomic mass is 19.2. The predicted octanol–water partition coefficient (Wildman–Crippen LogP) is 6.57. The van der Waals surface area contributed by atoms with E-state index in [9.17, 15) is 46.8 Å². The molecule has 0 bridgehead atoms. The molecule has 4 nitrogen and oxygen atoms in total. The molecule has 1 aliphatic rings. The van der Waals surface area contributed by atoms with Crippen LogP contribution in [-0.4, -0.2) is 20.4 Å². The van der Waals surface area contributed by atoms with Crippen LogP contribution in [0.2, 0.25) is 0 Å². The van der Waals surface area contributed by atoms with Crippen molar-refractivity contribution in [3.8, 4) is 23.0 Å². The standard InChI is InChI=1S/C26H10F10O4/c27-17-15(18(28)22(32)25(35)21(17)31)13-5-1-9(37)10(38)2-6(5)14(8-4-12(40)11(39)3-7(8)13)16-19(29)23(33)26(36)24(34)20(16)30/h1-4,13-14,37-40H. The zero-order chi connectivity index (χ0) is 29.5. The lowest BCUT2D eigenvalue weighted by Crippen LogP contribution is -2.25. The van der Waals surface area contributed by atoms with E-state index in [0.717, 1.165) is 0 Å². The van der Waals surface area contributed by atoms with E-state index in [4.69, 9.17) is 0 Å². The van der Waals surface area contributed by atoms with Crippen LogP contribution in [-0.2, 0) is 0 Å². The zero-order valence-corrected chi connectivity index (χ0v) is 19.0. The van der Waals surface area contributed by atoms with Gasteiger partial charge < -0.3 is 20.4 Å². The lowest BCUT2D eigenvalue weighted by atomic mass is 9.67. The van der Waals surface area contributed by atoms with Crippen LogP contribution < -0.4 is 0 Å². The van der Waals surface area contributed by atoms with Gasteiger partial charge in [-0.1, -0.05) is 0 Å². The smallest absolute Gasteiger partial charge is 0.200 e. The average Bonchev–Trinajstić information content (AvgIpc) is 2.91. The van der Waals surface area contributed by atoms with E-state index in [1.165, 1.54) is 0 Å². The van der Waals surface area contributed by atoms with Crippen LogP contribution in [0.4, 0.5) is 43.9 Å². The Bertz CT molecular complexity index is 1530. The van der Waals surface area contributed by atoms with Crippen LogP contribution in [0.25, 0.3) is 0 Å². The van der Waals surface area contributed by atoms with Crippen molar-refractivity contribution < 1.29 is 64.3 Å². The summed E-state index contributed by atoms with van der Waals surface area (Å²) in [5, 5.41) is 40.5. The van der Waals surface area contributed by atoms with E-state index in [0.29, 0.717) is 24.3 Å². The van der Waals surface area contributed by atoms with E-state index in [-0.39, 0.29) is 0 Å². The van der Waals surface area contributed by atoms with Crippen molar-refractivity contribution in [2.24, 2.45) is 0 Å². The third-order valence-electron chi connectivity index (χ3n) is 6.67. The number of phenolic OH excluding ortho intramolecular Hbond substituents is 4. The van der Waals surface area contributed by atoms with Gasteiger partial charge in [0.25, 0.3) is 0 Å². The molecule has 5 rings (SSSR count). The molecule has 14 heteroatoms. The number of benzene rings is 4. The zero-order valence-electron chi connectivity index (χ0n) is 19.0. The van der Waals surface area contributed by atoms with Crippen LogP contribution in [0, 0.1) is 58.2 Å². The highest BCUT2D eigenvalue weighted by Gasteiger charge is 2.43. The fourth-order valence-electron chi connectivity index (χ4n) is 4.93. The molecule has 0 aromatic heterocycles. The first kappa shape index (κ1) is 27.0. The molecule has 0 radical (unpaired) electrons. The number of hydrogen-bond donors (Lipinski definition) is 4. The number of fused-ring (bicyclic) bond motifs is 2. The van der Waals surface area contributed by atoms with Crippen LogP contribution in [0.1, 0.15) is 45.2 Å². The van der Waals surface area contributed by atoms with Gasteiger partial charge in [-0.2, -0.15) is 0 Å². The Kier molecular flexibility index (Phi) is 6.04. The first-order valence-electron chi connectivity index (χ1n) is 10.8. The Labute approximate surface area is 215 Å². The quantitative estimate of drug-likeness (QED) is 0.0830. The summed E-state index contributed by atoms with van der Waals surface area (Å²) in [5.41, 5.74) is -6.06. The number of phenols is 4. The Morgan fingerprint density at radius 2 is 0.500 bits per heavy atom. The van der Waals surface area contributed by atoms with Gasteiger partial charge in [-0.05, 0) is 46.5 Å². The van der Waals surface area contributed by atoms with Gasteiger partial charge in [0, 0.05) is 23.0 Å². The topological polar surface area (TPSA) is 80.9 Å². The fraction of sp³-hybridized carbons (Fsp3) is 0.0769. The Morgan fingerprint density at radius 3 is 0.700 bits per heavy atom. The van der Waals surface area contributed by atoms with Crippen LogP contribution in [0.3, 0.4) is 0 Å². The summed E-state index contributed by atoms with van der Waals surface area (Å²) in [4.78, 5) is 0. The molecule has 0 saturated carbocycles. The third kappa shape index (κ3) is 3.54. The Balaban J connectivity index is 2.00. The molecule has 0 unspecified atom stereocenters. The molecule has 0 heterocycles. The maximum absolute atomic E-state index is 15.0. The number of aromatic hydroxyl groups is 4. The minimum atomic E-state index is -2.55. The SMILES string of the molecule is Oc1cc2c(cc1O)C(c1c(F)c(F)c(F)c(F)c1F)c1cc(O)c(O)cc1C2c1c(F)c(F)c(F)c(F)c1F. The van der Waals surface area contributed by atoms with Crippen molar-refractivity contribution in [3.05, 3.63) is 116 Å². The maximum Gasteiger partial charge on any atom is 0.200 e. The summed E-state index contributed by atoms with van der Waals surface area (Å²) in [6.07, 6.45) is 0. The molecule has 4 aromatic rings. The first-order chi connectivity index (χ1) is 18.7. The van der Waals surface area contributed by atoms with Gasteiger partial charge in [0.05, 0.1) is 0 Å². The van der Waals surface area contributed by atoms with Crippen molar-refractivity contribution in [3.63, 3.8) is 0 Å². The van der Waals surface area contributed by atoms with Crippen molar-refractivity contribution in [1.82, 2.24) is 0 Å². The highest BCUT2D eigenvalue weighted by molar-refractivity contribution is 5.67. The second-order valence-electron chi connectivity index (χ2n) is 8.77. The van der Waals surface area contributed by atoms with Gasteiger partial charge >= 0.3 is 0 Å². The minimum absolute atomic E-state index is 0.513. The molecule has 0 spiro atoms. The average molecular weight is 576 g/mol. The van der Waals surface area contributed by atoms with Gasteiger partial charge in [-0.25, -0.2) is 43.9 Å². The highest BCUT2D eigenvalue weighted by Crippen LogP contribution is 2.55. The summed E-state index contributed by atoms with van der Waals surface area (Å²) in [6.45, 7) is 0. The molecule has 4 N–H and O–H groups in total. The molecule has 0 aliphatic heterocycles. The molecule has 0 fully saturated rings. The third-order valence-corrected chi connectivity index (χ3v) is 6.67. The minimum Gasteiger partial charge on any atom is -0.504 e. The summed E-state index contributed by atoms with van der Waals surface area (Å²) in [5.74, 6) is -33.1. The van der Waals surface area contributed by atoms with E-state index in [2.05, 4.69) is 0 Å². The van der Waals surface area contributed by atoms with Crippen LogP contribution in [0.15, 0.2) is 24.3 Å². The lowest BCUT2D eigenvalue weighted by Gasteiger charge is -2.36. The van der Waals surface area contributed by atoms with E-state index >= 15 is 17.6 Å². The summed E-state index contributed by atoms with van der Waals surface area (Å²) in [6, 6.07) is 2.05. The maximum atomic E-state index is 15.0. The van der Waals surface area contributed by atoms with Crippen molar-refractivity contribution in [1.29, 1.82) is 0 Å². The molecule has 208 valence electrons. The second-order valence-corrected chi connectivity index (χ2v) is 8.77. The van der Waals surface area contributed by atoms with Gasteiger partial charge in [-0.15, -0.1) is 0 Å². The Hall–Kier alpha value is -4.62. The lowest BCUT2D eigenvalue weighted by molar-refractivity contribution is 0.365. The van der Waals surface area contributed by atoms with Crippen molar-refractivity contribution in [2.45, 2.75) is 11.8 Å². The molecular formula is C26H10F10O4. The fourth-order valence-corrected chi connectivity index (χ4v) is 4.93. The van der Waals surface area contributed by atoms with E-state index < -0.39 is 126 Å². The number of hydrogen-bond acceptors (Lipinski definition) is 4. The summed E-state index contributed by atoms with van der Waals surface area (Å²) >= 11 is 0. The first-order valence-corrected chi connectivity index (χ1v) is 10.8. The predicted molar refractivity (Wildman–Crippen MR) is 114 cm³/mol. The number of rotatable bonds is 2. The Morgan fingerprint density at radius 1 is 0.325 bits per heavy atom. The van der Waals surface area contributed by atoms with E-state index in [1.807, 2.05) is 0 Å². The van der Waals surface area contributed by atoms with Gasteiger partial charge in [0.1, 0.15) is 0 Å². The van der Waals surface area contributed by atoms with Gasteiger partial charge in [0.15, 0.2) is 69.5 Å². The normalized spacial score (nSPS) is 16.1. The molecule has 0 atom stereocenters.